The highest BCUT2D eigenvalue weighted by Gasteiger charge is 2.49. The lowest BCUT2D eigenvalue weighted by molar-refractivity contribution is -0.265. The molecular formula is C31H34O7. The van der Waals surface area contributed by atoms with Gasteiger partial charge in [0.2, 0.25) is 0 Å². The van der Waals surface area contributed by atoms with Crippen LogP contribution < -0.4 is 0 Å². The van der Waals surface area contributed by atoms with Gasteiger partial charge in [-0.1, -0.05) is 91.0 Å². The Morgan fingerprint density at radius 1 is 0.711 bits per heavy atom. The third-order valence-corrected chi connectivity index (χ3v) is 6.32. The van der Waals surface area contributed by atoms with Crippen LogP contribution in [0.15, 0.2) is 91.0 Å². The SMILES string of the molecule is CC(=O)O[C@@H]1[C@@H](OCc2ccccc2)[C@H](OCc2ccccc2)[C@@H](COCc2ccccc2)O[C@@H]1CC=O. The molecule has 0 amide bonds. The zero-order chi connectivity index (χ0) is 26.6. The quantitative estimate of drug-likeness (QED) is 0.240. The van der Waals surface area contributed by atoms with E-state index in [-0.39, 0.29) is 19.6 Å². The second-order valence-electron chi connectivity index (χ2n) is 9.21. The molecule has 0 N–H and O–H groups in total. The third kappa shape index (κ3) is 8.07. The Morgan fingerprint density at radius 2 is 1.21 bits per heavy atom. The van der Waals surface area contributed by atoms with Gasteiger partial charge >= 0.3 is 5.97 Å². The van der Waals surface area contributed by atoms with Gasteiger partial charge in [-0.25, -0.2) is 0 Å². The molecule has 1 fully saturated rings. The van der Waals surface area contributed by atoms with E-state index in [1.54, 1.807) is 0 Å². The van der Waals surface area contributed by atoms with Crippen molar-refractivity contribution in [3.63, 3.8) is 0 Å². The summed E-state index contributed by atoms with van der Waals surface area (Å²) in [7, 11) is 0. The number of ether oxygens (including phenoxy) is 5. The van der Waals surface area contributed by atoms with Crippen molar-refractivity contribution in [1.82, 2.24) is 0 Å². The lowest BCUT2D eigenvalue weighted by Crippen LogP contribution is -2.61. The summed E-state index contributed by atoms with van der Waals surface area (Å²) in [6, 6.07) is 29.4. The van der Waals surface area contributed by atoms with Crippen LogP contribution in [-0.2, 0) is 53.1 Å². The van der Waals surface area contributed by atoms with Crippen molar-refractivity contribution in [1.29, 1.82) is 0 Å². The van der Waals surface area contributed by atoms with Crippen LogP contribution in [0.5, 0.6) is 0 Å². The molecule has 1 saturated heterocycles. The molecule has 0 radical (unpaired) electrons. The fourth-order valence-corrected chi connectivity index (χ4v) is 4.54. The van der Waals surface area contributed by atoms with Gasteiger partial charge in [-0.05, 0) is 16.7 Å². The van der Waals surface area contributed by atoms with E-state index < -0.39 is 36.5 Å². The summed E-state index contributed by atoms with van der Waals surface area (Å²) in [5.41, 5.74) is 2.98. The molecule has 38 heavy (non-hydrogen) atoms. The zero-order valence-corrected chi connectivity index (χ0v) is 21.5. The van der Waals surface area contributed by atoms with Crippen LogP contribution in [0, 0.1) is 0 Å². The molecule has 5 atom stereocenters. The van der Waals surface area contributed by atoms with Crippen molar-refractivity contribution in [3.05, 3.63) is 108 Å². The minimum Gasteiger partial charge on any atom is -0.457 e. The van der Waals surface area contributed by atoms with Crippen LogP contribution in [0.1, 0.15) is 30.0 Å². The molecule has 0 saturated carbocycles. The van der Waals surface area contributed by atoms with E-state index in [0.29, 0.717) is 13.2 Å². The number of hydrogen-bond donors (Lipinski definition) is 0. The fraction of sp³-hybridized carbons (Fsp3) is 0.355. The highest BCUT2D eigenvalue weighted by Crippen LogP contribution is 2.31. The van der Waals surface area contributed by atoms with E-state index in [4.69, 9.17) is 23.7 Å². The average molecular weight is 519 g/mol. The summed E-state index contributed by atoms with van der Waals surface area (Å²) in [5.74, 6) is -0.483. The molecular weight excluding hydrogens is 484 g/mol. The topological polar surface area (TPSA) is 80.3 Å². The first-order valence-corrected chi connectivity index (χ1v) is 12.8. The van der Waals surface area contributed by atoms with Crippen molar-refractivity contribution >= 4 is 12.3 Å². The van der Waals surface area contributed by atoms with E-state index in [1.807, 2.05) is 91.0 Å². The van der Waals surface area contributed by atoms with E-state index >= 15 is 0 Å². The molecule has 3 aromatic rings. The van der Waals surface area contributed by atoms with Crippen molar-refractivity contribution in [2.75, 3.05) is 6.61 Å². The first-order valence-electron chi connectivity index (χ1n) is 12.8. The molecule has 3 aromatic carbocycles. The van der Waals surface area contributed by atoms with Crippen LogP contribution in [0.2, 0.25) is 0 Å². The van der Waals surface area contributed by atoms with E-state index in [0.717, 1.165) is 23.0 Å². The Morgan fingerprint density at radius 3 is 1.71 bits per heavy atom. The summed E-state index contributed by atoms with van der Waals surface area (Å²) in [5, 5.41) is 0. The van der Waals surface area contributed by atoms with Gasteiger partial charge in [0.15, 0.2) is 6.10 Å². The molecule has 0 unspecified atom stereocenters. The maximum Gasteiger partial charge on any atom is 0.303 e. The van der Waals surface area contributed by atoms with Gasteiger partial charge < -0.3 is 28.5 Å². The van der Waals surface area contributed by atoms with Crippen molar-refractivity contribution in [2.24, 2.45) is 0 Å². The minimum absolute atomic E-state index is 0.0454. The number of esters is 1. The number of aldehydes is 1. The maximum atomic E-state index is 12.1. The number of carbonyl (C=O) groups is 2. The number of carbonyl (C=O) groups excluding carboxylic acids is 2. The molecule has 1 aliphatic heterocycles. The largest absolute Gasteiger partial charge is 0.457 e. The Bertz CT molecular complexity index is 1110. The summed E-state index contributed by atoms with van der Waals surface area (Å²) in [6.07, 6.45) is -2.58. The molecule has 1 heterocycles. The van der Waals surface area contributed by atoms with Crippen molar-refractivity contribution in [2.45, 2.75) is 63.7 Å². The molecule has 0 aromatic heterocycles. The molecule has 7 heteroatoms. The van der Waals surface area contributed by atoms with E-state index in [2.05, 4.69) is 0 Å². The maximum absolute atomic E-state index is 12.1. The lowest BCUT2D eigenvalue weighted by Gasteiger charge is -2.45. The van der Waals surface area contributed by atoms with E-state index in [9.17, 15) is 9.59 Å². The molecule has 1 aliphatic rings. The molecule has 4 rings (SSSR count). The molecule has 0 spiro atoms. The monoisotopic (exact) mass is 518 g/mol. The Kier molecular flexibility index (Phi) is 10.6. The van der Waals surface area contributed by atoms with Crippen LogP contribution in [0.25, 0.3) is 0 Å². The van der Waals surface area contributed by atoms with Crippen LogP contribution in [0.4, 0.5) is 0 Å². The summed E-state index contributed by atoms with van der Waals surface area (Å²) < 4.78 is 30.9. The predicted octanol–water partition coefficient (Wildman–Crippen LogP) is 4.66. The number of rotatable bonds is 13. The molecule has 200 valence electrons. The highest BCUT2D eigenvalue weighted by molar-refractivity contribution is 5.66. The zero-order valence-electron chi connectivity index (χ0n) is 21.5. The standard InChI is InChI=1S/C31H34O7/c1-23(33)37-30-27(17-18-32)38-28(22-34-19-24-11-5-2-6-12-24)29(35-20-25-13-7-3-8-14-25)31(30)36-21-26-15-9-4-10-16-26/h2-16,18,27-31H,17,19-22H2,1H3/t27-,28-,29-,30+,31+/m1/s1. The summed E-state index contributed by atoms with van der Waals surface area (Å²) >= 11 is 0. The number of hydrogen-bond acceptors (Lipinski definition) is 7. The first-order chi connectivity index (χ1) is 18.6. The van der Waals surface area contributed by atoms with Gasteiger partial charge in [0.1, 0.15) is 30.7 Å². The molecule has 0 bridgehead atoms. The Hall–Kier alpha value is -3.36. The predicted molar refractivity (Wildman–Crippen MR) is 141 cm³/mol. The second-order valence-corrected chi connectivity index (χ2v) is 9.21. The summed E-state index contributed by atoms with van der Waals surface area (Å²) in [4.78, 5) is 23.7. The van der Waals surface area contributed by atoms with Gasteiger partial charge in [-0.2, -0.15) is 0 Å². The molecule has 0 aliphatic carbocycles. The van der Waals surface area contributed by atoms with E-state index in [1.165, 1.54) is 6.92 Å². The summed E-state index contributed by atoms with van der Waals surface area (Å²) in [6.45, 7) is 2.52. The minimum atomic E-state index is -0.826. The Balaban J connectivity index is 1.58. The fourth-order valence-electron chi connectivity index (χ4n) is 4.54. The van der Waals surface area contributed by atoms with Gasteiger partial charge in [0.05, 0.1) is 26.4 Å². The lowest BCUT2D eigenvalue weighted by atomic mass is 9.92. The van der Waals surface area contributed by atoms with Crippen molar-refractivity contribution in [3.8, 4) is 0 Å². The second kappa shape index (κ2) is 14.5. The normalized spacial score (nSPS) is 23.0. The Labute approximate surface area is 223 Å². The van der Waals surface area contributed by atoms with Gasteiger partial charge in [-0.3, -0.25) is 4.79 Å². The smallest absolute Gasteiger partial charge is 0.303 e. The average Bonchev–Trinajstić information content (AvgIpc) is 2.94. The van der Waals surface area contributed by atoms with Gasteiger partial charge in [0, 0.05) is 13.3 Å². The molecule has 7 nitrogen and oxygen atoms in total. The van der Waals surface area contributed by atoms with Crippen LogP contribution >= 0.6 is 0 Å². The van der Waals surface area contributed by atoms with Gasteiger partial charge in [0.25, 0.3) is 0 Å². The van der Waals surface area contributed by atoms with Crippen molar-refractivity contribution < 1.29 is 33.3 Å². The third-order valence-electron chi connectivity index (χ3n) is 6.32. The van der Waals surface area contributed by atoms with Gasteiger partial charge in [-0.15, -0.1) is 0 Å². The van der Waals surface area contributed by atoms with Crippen LogP contribution in [0.3, 0.4) is 0 Å². The number of benzene rings is 3. The van der Waals surface area contributed by atoms with Crippen LogP contribution in [-0.4, -0.2) is 49.4 Å². The first kappa shape index (κ1) is 27.7. The highest BCUT2D eigenvalue weighted by atomic mass is 16.6.